The Labute approximate surface area is 88.6 Å². The molecule has 0 bridgehead atoms. The smallest absolute Gasteiger partial charge is 0.236 e. The lowest BCUT2D eigenvalue weighted by atomic mass is 10.3. The van der Waals surface area contributed by atoms with E-state index in [9.17, 15) is 4.39 Å². The minimum Gasteiger partial charge on any atom is -0.236 e. The molecule has 2 aromatic rings. The van der Waals surface area contributed by atoms with Crippen LogP contribution >= 0.6 is 0 Å². The van der Waals surface area contributed by atoms with E-state index >= 15 is 0 Å². The summed E-state index contributed by atoms with van der Waals surface area (Å²) in [5, 5.41) is 0. The van der Waals surface area contributed by atoms with Crippen molar-refractivity contribution in [2.24, 2.45) is 0 Å². The highest BCUT2D eigenvalue weighted by Crippen LogP contribution is 2.07. The van der Waals surface area contributed by atoms with Crippen LogP contribution in [0.4, 0.5) is 4.39 Å². The van der Waals surface area contributed by atoms with Crippen molar-refractivity contribution in [1.29, 1.82) is 0 Å². The molecular weight excluding hydrogens is 191 g/mol. The fourth-order valence-corrected chi connectivity index (χ4v) is 1.55. The van der Waals surface area contributed by atoms with Gasteiger partial charge in [0.2, 0.25) is 6.33 Å². The van der Waals surface area contributed by atoms with E-state index in [1.165, 1.54) is 12.1 Å². The highest BCUT2D eigenvalue weighted by Gasteiger charge is 2.05. The summed E-state index contributed by atoms with van der Waals surface area (Å²) in [4.78, 5) is 0. The summed E-state index contributed by atoms with van der Waals surface area (Å²) >= 11 is 0. The summed E-state index contributed by atoms with van der Waals surface area (Å²) in [6.07, 6.45) is 7.12. The Balaban J connectivity index is 2.25. The predicted octanol–water partition coefficient (Wildman–Crippen LogP) is 2.31. The summed E-state index contributed by atoms with van der Waals surface area (Å²) < 4.78 is 16.8. The van der Waals surface area contributed by atoms with Gasteiger partial charge in [0, 0.05) is 0 Å². The minimum atomic E-state index is -0.202. The zero-order valence-corrected chi connectivity index (χ0v) is 8.73. The molecule has 2 nitrogen and oxygen atoms in total. The molecule has 2 rings (SSSR count). The number of imidazole rings is 1. The number of aryl methyl sites for hydroxylation is 1. The first-order valence-corrected chi connectivity index (χ1v) is 5.12. The van der Waals surface area contributed by atoms with Crippen LogP contribution in [0.5, 0.6) is 0 Å². The molecule has 0 aliphatic rings. The molecule has 0 atom stereocenters. The molecule has 0 aliphatic heterocycles. The largest absolute Gasteiger partial charge is 0.248 e. The Morgan fingerprint density at radius 2 is 2.00 bits per heavy atom. The van der Waals surface area contributed by atoms with Crippen LogP contribution in [0.3, 0.4) is 0 Å². The molecule has 15 heavy (non-hydrogen) atoms. The van der Waals surface area contributed by atoms with Crippen molar-refractivity contribution >= 4 is 0 Å². The van der Waals surface area contributed by atoms with Crippen LogP contribution in [0.2, 0.25) is 0 Å². The van der Waals surface area contributed by atoms with Gasteiger partial charge in [0.15, 0.2) is 0 Å². The zero-order valence-electron chi connectivity index (χ0n) is 8.73. The second-order valence-electron chi connectivity index (χ2n) is 3.54. The Kier molecular flexibility index (Phi) is 2.81. The number of rotatable bonds is 3. The normalized spacial score (nSPS) is 10.5. The summed E-state index contributed by atoms with van der Waals surface area (Å²) in [5.41, 5.74) is 0.978. The van der Waals surface area contributed by atoms with E-state index < -0.39 is 0 Å². The first kappa shape index (κ1) is 9.90. The third kappa shape index (κ3) is 2.24. The van der Waals surface area contributed by atoms with E-state index in [4.69, 9.17) is 0 Å². The van der Waals surface area contributed by atoms with E-state index in [1.54, 1.807) is 12.1 Å². The van der Waals surface area contributed by atoms with Gasteiger partial charge in [-0.1, -0.05) is 6.92 Å². The predicted molar refractivity (Wildman–Crippen MR) is 56.2 cm³/mol. The molecule has 0 radical (unpaired) electrons. The fourth-order valence-electron chi connectivity index (χ4n) is 1.55. The Morgan fingerprint density at radius 3 is 2.67 bits per heavy atom. The van der Waals surface area contributed by atoms with Gasteiger partial charge in [0.25, 0.3) is 0 Å². The molecule has 0 fully saturated rings. The van der Waals surface area contributed by atoms with Crippen LogP contribution in [-0.4, -0.2) is 4.57 Å². The first-order valence-electron chi connectivity index (χ1n) is 5.12. The van der Waals surface area contributed by atoms with Gasteiger partial charge in [-0.25, -0.2) is 13.5 Å². The fraction of sp³-hybridized carbons (Fsp3) is 0.250. The summed E-state index contributed by atoms with van der Waals surface area (Å²) in [7, 11) is 0. The number of halogens is 1. The average molecular weight is 205 g/mol. The van der Waals surface area contributed by atoms with Crippen molar-refractivity contribution in [3.05, 3.63) is 48.8 Å². The van der Waals surface area contributed by atoms with Crippen LogP contribution in [-0.2, 0) is 6.54 Å². The summed E-state index contributed by atoms with van der Waals surface area (Å²) in [6, 6.07) is 6.48. The molecule has 1 heterocycles. The van der Waals surface area contributed by atoms with Crippen LogP contribution in [0.15, 0.2) is 43.0 Å². The lowest BCUT2D eigenvalue weighted by Gasteiger charge is -1.94. The van der Waals surface area contributed by atoms with E-state index in [0.29, 0.717) is 0 Å². The third-order valence-corrected chi connectivity index (χ3v) is 2.30. The van der Waals surface area contributed by atoms with Crippen molar-refractivity contribution in [2.75, 3.05) is 0 Å². The van der Waals surface area contributed by atoms with Crippen molar-refractivity contribution in [2.45, 2.75) is 19.9 Å². The Morgan fingerprint density at radius 1 is 1.27 bits per heavy atom. The van der Waals surface area contributed by atoms with Crippen molar-refractivity contribution in [3.8, 4) is 5.69 Å². The molecule has 0 N–H and O–H groups in total. The molecule has 0 saturated carbocycles. The van der Waals surface area contributed by atoms with Gasteiger partial charge in [-0.15, -0.1) is 0 Å². The summed E-state index contributed by atoms with van der Waals surface area (Å²) in [5.74, 6) is -0.202. The van der Waals surface area contributed by atoms with Crippen molar-refractivity contribution < 1.29 is 8.96 Å². The van der Waals surface area contributed by atoms with E-state index in [-0.39, 0.29) is 5.82 Å². The molecule has 3 heteroatoms. The number of hydrogen-bond donors (Lipinski definition) is 0. The molecule has 0 aliphatic carbocycles. The Bertz CT molecular complexity index is 431. The highest BCUT2D eigenvalue weighted by molar-refractivity contribution is 5.30. The Hall–Kier alpha value is -1.64. The highest BCUT2D eigenvalue weighted by atomic mass is 19.1. The van der Waals surface area contributed by atoms with Crippen LogP contribution in [0.25, 0.3) is 5.69 Å². The second kappa shape index (κ2) is 4.26. The van der Waals surface area contributed by atoms with Gasteiger partial charge in [0.1, 0.15) is 23.9 Å². The first-order chi connectivity index (χ1) is 7.29. The van der Waals surface area contributed by atoms with E-state index in [2.05, 4.69) is 11.5 Å². The van der Waals surface area contributed by atoms with Gasteiger partial charge in [-0.3, -0.25) is 0 Å². The van der Waals surface area contributed by atoms with Gasteiger partial charge in [0.05, 0.1) is 6.54 Å². The van der Waals surface area contributed by atoms with E-state index in [1.807, 2.05) is 23.3 Å². The van der Waals surface area contributed by atoms with Gasteiger partial charge in [-0.2, -0.15) is 0 Å². The molecule has 0 spiro atoms. The maximum absolute atomic E-state index is 12.7. The second-order valence-corrected chi connectivity index (χ2v) is 3.54. The number of hydrogen-bond acceptors (Lipinski definition) is 0. The number of nitrogens with zero attached hydrogens (tertiary/aromatic N) is 2. The monoisotopic (exact) mass is 205 g/mol. The van der Waals surface area contributed by atoms with E-state index in [0.717, 1.165) is 18.7 Å². The van der Waals surface area contributed by atoms with Gasteiger partial charge in [-0.05, 0) is 30.7 Å². The molecular formula is C12H14FN2+. The lowest BCUT2D eigenvalue weighted by molar-refractivity contribution is -0.696. The van der Waals surface area contributed by atoms with Gasteiger partial charge < -0.3 is 0 Å². The van der Waals surface area contributed by atoms with Crippen LogP contribution in [0.1, 0.15) is 13.3 Å². The SMILES string of the molecule is CCC[n+]1ccn(-c2ccc(F)cc2)c1. The molecule has 0 amide bonds. The van der Waals surface area contributed by atoms with Gasteiger partial charge >= 0.3 is 0 Å². The standard InChI is InChI=1S/C12H14FN2/c1-2-7-14-8-9-15(10-14)12-5-3-11(13)4-6-12/h3-6,8-10H,2,7H2,1H3/q+1. The van der Waals surface area contributed by atoms with Crippen LogP contribution in [0, 0.1) is 5.82 Å². The maximum Gasteiger partial charge on any atom is 0.248 e. The number of benzene rings is 1. The molecule has 1 aromatic heterocycles. The zero-order chi connectivity index (χ0) is 10.7. The summed E-state index contributed by atoms with van der Waals surface area (Å²) in [6.45, 7) is 3.15. The molecule has 78 valence electrons. The van der Waals surface area contributed by atoms with Crippen molar-refractivity contribution in [3.63, 3.8) is 0 Å². The topological polar surface area (TPSA) is 8.81 Å². The number of aromatic nitrogens is 2. The molecule has 1 aromatic carbocycles. The minimum absolute atomic E-state index is 0.202. The molecule has 0 unspecified atom stereocenters. The average Bonchev–Trinajstić information content (AvgIpc) is 2.68. The van der Waals surface area contributed by atoms with Crippen molar-refractivity contribution in [1.82, 2.24) is 4.57 Å². The van der Waals surface area contributed by atoms with Crippen LogP contribution < -0.4 is 4.57 Å². The maximum atomic E-state index is 12.7. The molecule has 0 saturated heterocycles. The quantitative estimate of drug-likeness (QED) is 0.680. The lowest BCUT2D eigenvalue weighted by Crippen LogP contribution is -2.30. The third-order valence-electron chi connectivity index (χ3n) is 2.30.